The van der Waals surface area contributed by atoms with E-state index in [0.717, 1.165) is 11.8 Å². The number of sulfone groups is 1. The summed E-state index contributed by atoms with van der Waals surface area (Å²) in [6.07, 6.45) is 1.05. The second-order valence-electron chi connectivity index (χ2n) is 4.73. The molecule has 7 heteroatoms. The molecular weight excluding hydrogens is 345 g/mol. The molecule has 1 amide bonds. The van der Waals surface area contributed by atoms with Crippen molar-refractivity contribution < 1.29 is 13.2 Å². The molecule has 2 rings (SSSR count). The SMILES string of the molecule is CS(=O)(=O)c1cc(C(=O)NCc2ccc(Cl)cc2)ccc1Cl. The summed E-state index contributed by atoms with van der Waals surface area (Å²) in [6, 6.07) is 11.2. The molecule has 0 aliphatic carbocycles. The fourth-order valence-corrected chi connectivity index (χ4v) is 3.24. The molecule has 0 saturated heterocycles. The van der Waals surface area contributed by atoms with Gasteiger partial charge >= 0.3 is 0 Å². The highest BCUT2D eigenvalue weighted by atomic mass is 35.5. The van der Waals surface area contributed by atoms with E-state index in [9.17, 15) is 13.2 Å². The van der Waals surface area contributed by atoms with Crippen molar-refractivity contribution in [2.24, 2.45) is 0 Å². The van der Waals surface area contributed by atoms with Gasteiger partial charge in [-0.1, -0.05) is 35.3 Å². The minimum Gasteiger partial charge on any atom is -0.348 e. The van der Waals surface area contributed by atoms with Gasteiger partial charge in [-0.2, -0.15) is 0 Å². The lowest BCUT2D eigenvalue weighted by molar-refractivity contribution is 0.0950. The van der Waals surface area contributed by atoms with Crippen molar-refractivity contribution in [3.8, 4) is 0 Å². The van der Waals surface area contributed by atoms with Crippen LogP contribution in [-0.4, -0.2) is 20.6 Å². The molecule has 0 radical (unpaired) electrons. The zero-order valence-electron chi connectivity index (χ0n) is 11.6. The van der Waals surface area contributed by atoms with E-state index in [4.69, 9.17) is 23.2 Å². The summed E-state index contributed by atoms with van der Waals surface area (Å²) in [7, 11) is -3.49. The van der Waals surface area contributed by atoms with Crippen molar-refractivity contribution in [1.82, 2.24) is 5.32 Å². The summed E-state index contributed by atoms with van der Waals surface area (Å²) in [5, 5.41) is 3.42. The van der Waals surface area contributed by atoms with Gasteiger partial charge in [0.15, 0.2) is 9.84 Å². The number of halogens is 2. The summed E-state index contributed by atoms with van der Waals surface area (Å²) in [6.45, 7) is 0.312. The molecule has 22 heavy (non-hydrogen) atoms. The number of hydrogen-bond acceptors (Lipinski definition) is 3. The van der Waals surface area contributed by atoms with Crippen molar-refractivity contribution in [2.45, 2.75) is 11.4 Å². The maximum atomic E-state index is 12.1. The Labute approximate surface area is 139 Å². The number of hydrogen-bond donors (Lipinski definition) is 1. The Morgan fingerprint density at radius 3 is 2.32 bits per heavy atom. The van der Waals surface area contributed by atoms with E-state index in [0.29, 0.717) is 11.6 Å². The maximum absolute atomic E-state index is 12.1. The first-order valence-corrected chi connectivity index (χ1v) is 8.94. The average Bonchev–Trinajstić information content (AvgIpc) is 2.45. The zero-order valence-corrected chi connectivity index (χ0v) is 14.0. The molecule has 0 bridgehead atoms. The second-order valence-corrected chi connectivity index (χ2v) is 7.55. The number of nitrogens with one attached hydrogen (secondary N) is 1. The van der Waals surface area contributed by atoms with E-state index in [2.05, 4.69) is 5.32 Å². The smallest absolute Gasteiger partial charge is 0.251 e. The van der Waals surface area contributed by atoms with Gasteiger partial charge in [0, 0.05) is 23.4 Å². The van der Waals surface area contributed by atoms with E-state index in [1.54, 1.807) is 24.3 Å². The fourth-order valence-electron chi connectivity index (χ4n) is 1.82. The van der Waals surface area contributed by atoms with Crippen molar-refractivity contribution >= 4 is 38.9 Å². The largest absolute Gasteiger partial charge is 0.348 e. The van der Waals surface area contributed by atoms with Gasteiger partial charge in [0.05, 0.1) is 9.92 Å². The minimum atomic E-state index is -3.49. The van der Waals surface area contributed by atoms with Crippen LogP contribution in [0.15, 0.2) is 47.4 Å². The molecule has 0 aliphatic rings. The molecule has 0 saturated carbocycles. The van der Waals surface area contributed by atoms with E-state index < -0.39 is 9.84 Å². The summed E-state index contributed by atoms with van der Waals surface area (Å²) >= 11 is 11.6. The van der Waals surface area contributed by atoms with Crippen LogP contribution >= 0.6 is 23.2 Å². The topological polar surface area (TPSA) is 63.2 Å². The van der Waals surface area contributed by atoms with Gasteiger partial charge < -0.3 is 5.32 Å². The molecule has 116 valence electrons. The third-order valence-corrected chi connectivity index (χ3v) is 4.79. The predicted octanol–water partition coefficient (Wildman–Crippen LogP) is 3.33. The number of benzene rings is 2. The highest BCUT2D eigenvalue weighted by Gasteiger charge is 2.15. The molecule has 0 fully saturated rings. The van der Waals surface area contributed by atoms with Gasteiger partial charge in [0.1, 0.15) is 0 Å². The lowest BCUT2D eigenvalue weighted by Crippen LogP contribution is -2.23. The molecule has 0 heterocycles. The molecule has 1 N–H and O–H groups in total. The standard InChI is InChI=1S/C15H13Cl2NO3S/c1-22(20,21)14-8-11(4-7-13(14)17)15(19)18-9-10-2-5-12(16)6-3-10/h2-8H,9H2,1H3,(H,18,19). The third-order valence-electron chi connectivity index (χ3n) is 2.96. The first-order chi connectivity index (χ1) is 10.3. The molecule has 2 aromatic carbocycles. The molecule has 0 unspecified atom stereocenters. The Balaban J connectivity index is 2.15. The van der Waals surface area contributed by atoms with Gasteiger partial charge in [0.25, 0.3) is 5.91 Å². The number of amides is 1. The maximum Gasteiger partial charge on any atom is 0.251 e. The van der Waals surface area contributed by atoms with Gasteiger partial charge in [-0.25, -0.2) is 8.42 Å². The minimum absolute atomic E-state index is 0.0618. The highest BCUT2D eigenvalue weighted by molar-refractivity contribution is 7.90. The number of rotatable bonds is 4. The molecule has 0 aromatic heterocycles. The van der Waals surface area contributed by atoms with E-state index >= 15 is 0 Å². The summed E-state index contributed by atoms with van der Waals surface area (Å²) in [5.74, 6) is -0.378. The van der Waals surface area contributed by atoms with E-state index in [-0.39, 0.29) is 21.4 Å². The molecule has 4 nitrogen and oxygen atoms in total. The van der Waals surface area contributed by atoms with Gasteiger partial charge in [-0.15, -0.1) is 0 Å². The van der Waals surface area contributed by atoms with Gasteiger partial charge in [-0.3, -0.25) is 4.79 Å². The van der Waals surface area contributed by atoms with Gasteiger partial charge in [0.2, 0.25) is 0 Å². The highest BCUT2D eigenvalue weighted by Crippen LogP contribution is 2.22. The van der Waals surface area contributed by atoms with Crippen LogP contribution in [-0.2, 0) is 16.4 Å². The van der Waals surface area contributed by atoms with Crippen LogP contribution in [0.5, 0.6) is 0 Å². The van der Waals surface area contributed by atoms with Crippen LogP contribution in [0.2, 0.25) is 10.0 Å². The molecule has 0 atom stereocenters. The summed E-state index contributed by atoms with van der Waals surface area (Å²) < 4.78 is 23.2. The van der Waals surface area contributed by atoms with Crippen molar-refractivity contribution in [1.29, 1.82) is 0 Å². The van der Waals surface area contributed by atoms with Crippen LogP contribution in [0.1, 0.15) is 15.9 Å². The second kappa shape index (κ2) is 6.69. The fraction of sp³-hybridized carbons (Fsp3) is 0.133. The third kappa shape index (κ3) is 4.22. The number of carbonyl (C=O) groups is 1. The first-order valence-electron chi connectivity index (χ1n) is 6.29. The Hall–Kier alpha value is -1.56. The molecule has 2 aromatic rings. The Kier molecular flexibility index (Phi) is 5.11. The van der Waals surface area contributed by atoms with Crippen LogP contribution in [0.4, 0.5) is 0 Å². The van der Waals surface area contributed by atoms with Crippen molar-refractivity contribution in [2.75, 3.05) is 6.26 Å². The van der Waals surface area contributed by atoms with Crippen LogP contribution in [0.25, 0.3) is 0 Å². The summed E-state index contributed by atoms with van der Waals surface area (Å²) in [5.41, 5.74) is 1.12. The Morgan fingerprint density at radius 1 is 1.09 bits per heavy atom. The monoisotopic (exact) mass is 357 g/mol. The number of carbonyl (C=O) groups excluding carboxylic acids is 1. The van der Waals surface area contributed by atoms with Gasteiger partial charge in [-0.05, 0) is 35.9 Å². The van der Waals surface area contributed by atoms with Crippen LogP contribution < -0.4 is 5.32 Å². The first kappa shape index (κ1) is 16.8. The van der Waals surface area contributed by atoms with Crippen LogP contribution in [0.3, 0.4) is 0 Å². The van der Waals surface area contributed by atoms with E-state index in [1.807, 2.05) is 0 Å². The van der Waals surface area contributed by atoms with Crippen LogP contribution in [0, 0.1) is 0 Å². The molecule has 0 spiro atoms. The normalized spacial score (nSPS) is 11.2. The van der Waals surface area contributed by atoms with E-state index in [1.165, 1.54) is 18.2 Å². The Bertz CT molecular complexity index is 802. The zero-order chi connectivity index (χ0) is 16.3. The Morgan fingerprint density at radius 2 is 1.73 bits per heavy atom. The molecular formula is C15H13Cl2NO3S. The average molecular weight is 358 g/mol. The predicted molar refractivity (Wildman–Crippen MR) is 87.2 cm³/mol. The lowest BCUT2D eigenvalue weighted by Gasteiger charge is -2.08. The molecule has 0 aliphatic heterocycles. The lowest BCUT2D eigenvalue weighted by atomic mass is 10.2. The quantitative estimate of drug-likeness (QED) is 0.912. The van der Waals surface area contributed by atoms with Crippen molar-refractivity contribution in [3.05, 3.63) is 63.6 Å². The summed E-state index contributed by atoms with van der Waals surface area (Å²) in [4.78, 5) is 12.0. The van der Waals surface area contributed by atoms with Crippen molar-refractivity contribution in [3.63, 3.8) is 0 Å².